The van der Waals surface area contributed by atoms with Gasteiger partial charge in [0.05, 0.1) is 16.5 Å². The molecule has 1 N–H and O–H groups in total. The van der Waals surface area contributed by atoms with Crippen LogP contribution in [-0.2, 0) is 11.2 Å². The maximum atomic E-state index is 12.5. The molecular weight excluding hydrogens is 392 g/mol. The molecule has 9 heteroatoms. The highest BCUT2D eigenvalue weighted by Crippen LogP contribution is 2.27. The van der Waals surface area contributed by atoms with Crippen LogP contribution in [0.3, 0.4) is 0 Å². The molecule has 1 unspecified atom stereocenters. The van der Waals surface area contributed by atoms with Gasteiger partial charge >= 0.3 is 0 Å². The number of benzene rings is 1. The van der Waals surface area contributed by atoms with Gasteiger partial charge in [-0.05, 0) is 59.3 Å². The highest BCUT2D eigenvalue weighted by Gasteiger charge is 2.20. The molecule has 1 amide bonds. The summed E-state index contributed by atoms with van der Waals surface area (Å²) in [7, 11) is 0. The zero-order valence-corrected chi connectivity index (χ0v) is 17.3. The lowest BCUT2D eigenvalue weighted by atomic mass is 10.1. The molecule has 7 nitrogen and oxygen atoms in total. The molecule has 144 valence electrons. The number of nitriles is 1. The van der Waals surface area contributed by atoms with Crippen LogP contribution in [0, 0.1) is 11.3 Å². The second kappa shape index (κ2) is 9.48. The molecule has 2 aromatic heterocycles. The molecule has 0 aliphatic heterocycles. The van der Waals surface area contributed by atoms with Crippen molar-refractivity contribution in [2.75, 3.05) is 5.32 Å². The fourth-order valence-corrected chi connectivity index (χ4v) is 4.07. The second-order valence-corrected chi connectivity index (χ2v) is 8.39. The molecule has 0 saturated heterocycles. The molecule has 1 atom stereocenters. The predicted molar refractivity (Wildman–Crippen MR) is 111 cm³/mol. The lowest BCUT2D eigenvalue weighted by Crippen LogP contribution is -2.22. The lowest BCUT2D eigenvalue weighted by Gasteiger charge is -2.11. The van der Waals surface area contributed by atoms with Crippen LogP contribution < -0.4 is 5.32 Å². The van der Waals surface area contributed by atoms with Crippen LogP contribution in [0.1, 0.15) is 37.8 Å². The van der Waals surface area contributed by atoms with Gasteiger partial charge in [0.25, 0.3) is 0 Å². The average Bonchev–Trinajstić information content (AvgIpc) is 3.35. The van der Waals surface area contributed by atoms with Crippen molar-refractivity contribution in [2.45, 2.75) is 43.5 Å². The van der Waals surface area contributed by atoms with E-state index in [0.717, 1.165) is 24.9 Å². The molecule has 0 aliphatic rings. The smallest absolute Gasteiger partial charge is 0.238 e. The first-order valence-electron chi connectivity index (χ1n) is 8.95. The fourth-order valence-electron chi connectivity index (χ4n) is 2.52. The number of amides is 1. The van der Waals surface area contributed by atoms with Crippen LogP contribution in [0.5, 0.6) is 0 Å². The Bertz CT molecular complexity index is 973. The summed E-state index contributed by atoms with van der Waals surface area (Å²) in [4.78, 5) is 12.5. The summed E-state index contributed by atoms with van der Waals surface area (Å²) in [6.45, 7) is 3.96. The Morgan fingerprint density at radius 3 is 2.86 bits per heavy atom. The summed E-state index contributed by atoms with van der Waals surface area (Å²) in [6.07, 6.45) is 3.38. The van der Waals surface area contributed by atoms with Crippen LogP contribution in [-0.4, -0.2) is 31.4 Å². The van der Waals surface area contributed by atoms with E-state index in [2.05, 4.69) is 46.0 Å². The third-order valence-electron chi connectivity index (χ3n) is 4.11. The molecule has 0 fully saturated rings. The number of rotatable bonds is 8. The highest BCUT2D eigenvalue weighted by atomic mass is 32.2. The van der Waals surface area contributed by atoms with Crippen molar-refractivity contribution in [3.05, 3.63) is 46.8 Å². The summed E-state index contributed by atoms with van der Waals surface area (Å²) in [5.41, 5.74) is 2.60. The number of nitrogens with one attached hydrogen (secondary N) is 1. The number of aryl methyl sites for hydroxylation is 1. The van der Waals surface area contributed by atoms with Gasteiger partial charge in [-0.3, -0.25) is 4.79 Å². The first kappa shape index (κ1) is 20.0. The average molecular weight is 413 g/mol. The van der Waals surface area contributed by atoms with Crippen molar-refractivity contribution in [2.24, 2.45) is 0 Å². The molecular formula is C19H20N6OS2. The number of tetrazole rings is 1. The number of thiophene rings is 1. The van der Waals surface area contributed by atoms with E-state index in [0.29, 0.717) is 15.7 Å². The van der Waals surface area contributed by atoms with Gasteiger partial charge in [0, 0.05) is 0 Å². The van der Waals surface area contributed by atoms with Crippen molar-refractivity contribution < 1.29 is 4.79 Å². The molecule has 3 rings (SSSR count). The predicted octanol–water partition coefficient (Wildman–Crippen LogP) is 4.06. The zero-order chi connectivity index (χ0) is 19.9. The van der Waals surface area contributed by atoms with Gasteiger partial charge in [-0.15, -0.1) is 16.4 Å². The number of carbonyl (C=O) groups is 1. The van der Waals surface area contributed by atoms with Crippen molar-refractivity contribution in [1.29, 1.82) is 5.26 Å². The normalized spacial score (nSPS) is 11.8. The number of nitrogens with zero attached hydrogens (tertiary/aromatic N) is 5. The van der Waals surface area contributed by atoms with E-state index < -0.39 is 5.25 Å². The monoisotopic (exact) mass is 412 g/mol. The first-order chi connectivity index (χ1) is 13.6. The van der Waals surface area contributed by atoms with Crippen LogP contribution in [0.4, 0.5) is 5.00 Å². The van der Waals surface area contributed by atoms with E-state index in [1.807, 2.05) is 12.1 Å². The Morgan fingerprint density at radius 1 is 1.36 bits per heavy atom. The van der Waals surface area contributed by atoms with Crippen LogP contribution in [0.25, 0.3) is 5.69 Å². The third-order valence-corrected chi connectivity index (χ3v) is 5.98. The van der Waals surface area contributed by atoms with E-state index in [9.17, 15) is 4.79 Å². The Labute approximate surface area is 171 Å². The Balaban J connectivity index is 1.68. The number of anilines is 1. The number of thioether (sulfide) groups is 1. The Hall–Kier alpha value is -2.70. The number of hydrogen-bond acceptors (Lipinski definition) is 7. The number of aromatic nitrogens is 4. The standard InChI is InChI=1S/C19H20N6OS2/c1-3-4-5-14-6-8-16(9-7-14)25-19(22-23-24-25)28-13(2)17(26)21-18-15(12-20)10-11-27-18/h6-11,13H,3-5H2,1-2H3,(H,21,26). The van der Waals surface area contributed by atoms with E-state index in [1.54, 1.807) is 23.1 Å². The molecule has 0 radical (unpaired) electrons. The van der Waals surface area contributed by atoms with Gasteiger partial charge in [0.2, 0.25) is 11.1 Å². The number of hydrogen-bond donors (Lipinski definition) is 1. The largest absolute Gasteiger partial charge is 0.316 e. The molecule has 3 aromatic rings. The minimum atomic E-state index is -0.428. The van der Waals surface area contributed by atoms with E-state index in [-0.39, 0.29) is 5.91 Å². The Morgan fingerprint density at radius 2 is 2.14 bits per heavy atom. The first-order valence-corrected chi connectivity index (χ1v) is 10.7. The van der Waals surface area contributed by atoms with Gasteiger partial charge < -0.3 is 5.32 Å². The molecule has 2 heterocycles. The fraction of sp³-hybridized carbons (Fsp3) is 0.316. The quantitative estimate of drug-likeness (QED) is 0.561. The summed E-state index contributed by atoms with van der Waals surface area (Å²) in [6, 6.07) is 11.9. The SMILES string of the molecule is CCCCc1ccc(-n2nnnc2SC(C)C(=O)Nc2sccc2C#N)cc1. The minimum absolute atomic E-state index is 0.201. The molecule has 1 aromatic carbocycles. The number of unbranched alkanes of at least 4 members (excludes halogenated alkanes) is 1. The molecule has 0 aliphatic carbocycles. The topological polar surface area (TPSA) is 96.5 Å². The third kappa shape index (κ3) is 4.77. The van der Waals surface area contributed by atoms with Gasteiger partial charge in [-0.25, -0.2) is 0 Å². The zero-order valence-electron chi connectivity index (χ0n) is 15.6. The molecule has 0 bridgehead atoms. The molecule has 28 heavy (non-hydrogen) atoms. The van der Waals surface area contributed by atoms with Crippen LogP contribution in [0.2, 0.25) is 0 Å². The van der Waals surface area contributed by atoms with E-state index in [4.69, 9.17) is 5.26 Å². The van der Waals surface area contributed by atoms with Gasteiger partial charge in [0.1, 0.15) is 11.1 Å². The van der Waals surface area contributed by atoms with Crippen molar-refractivity contribution in [3.63, 3.8) is 0 Å². The van der Waals surface area contributed by atoms with E-state index >= 15 is 0 Å². The van der Waals surface area contributed by atoms with Crippen molar-refractivity contribution in [3.8, 4) is 11.8 Å². The summed E-state index contributed by atoms with van der Waals surface area (Å²) in [5, 5.41) is 26.2. The van der Waals surface area contributed by atoms with Crippen molar-refractivity contribution in [1.82, 2.24) is 20.2 Å². The molecule has 0 spiro atoms. The maximum Gasteiger partial charge on any atom is 0.238 e. The maximum absolute atomic E-state index is 12.5. The van der Waals surface area contributed by atoms with E-state index in [1.165, 1.54) is 28.7 Å². The number of carbonyl (C=O) groups excluding carboxylic acids is 1. The summed E-state index contributed by atoms with van der Waals surface area (Å²) in [5.74, 6) is -0.201. The van der Waals surface area contributed by atoms with Crippen LogP contribution >= 0.6 is 23.1 Å². The van der Waals surface area contributed by atoms with Gasteiger partial charge in [-0.2, -0.15) is 9.94 Å². The Kier molecular flexibility index (Phi) is 6.79. The van der Waals surface area contributed by atoms with Crippen LogP contribution in [0.15, 0.2) is 40.9 Å². The summed E-state index contributed by atoms with van der Waals surface area (Å²) < 4.78 is 1.63. The minimum Gasteiger partial charge on any atom is -0.316 e. The lowest BCUT2D eigenvalue weighted by molar-refractivity contribution is -0.115. The summed E-state index contributed by atoms with van der Waals surface area (Å²) >= 11 is 2.60. The second-order valence-electron chi connectivity index (χ2n) is 6.17. The van der Waals surface area contributed by atoms with Crippen molar-refractivity contribution >= 4 is 34.0 Å². The molecule has 0 saturated carbocycles. The van der Waals surface area contributed by atoms with Gasteiger partial charge in [-0.1, -0.05) is 37.2 Å². The van der Waals surface area contributed by atoms with Gasteiger partial charge in [0.15, 0.2) is 0 Å². The highest BCUT2D eigenvalue weighted by molar-refractivity contribution is 8.00.